The van der Waals surface area contributed by atoms with E-state index in [2.05, 4.69) is 20.4 Å². The topological polar surface area (TPSA) is 75.9 Å². The third-order valence-corrected chi connectivity index (χ3v) is 5.23. The molecule has 1 fully saturated rings. The number of anilines is 1. The molecule has 0 saturated carbocycles. The Balaban J connectivity index is 1.44. The molecule has 0 aromatic carbocycles. The van der Waals surface area contributed by atoms with Gasteiger partial charge in [0, 0.05) is 50.0 Å². The second-order valence-electron chi connectivity index (χ2n) is 7.31. The summed E-state index contributed by atoms with van der Waals surface area (Å²) >= 11 is 0. The Morgan fingerprint density at radius 3 is 2.61 bits per heavy atom. The summed E-state index contributed by atoms with van der Waals surface area (Å²) in [4.78, 5) is 22.6. The Labute approximate surface area is 176 Å². The van der Waals surface area contributed by atoms with E-state index < -0.39 is 17.7 Å². The largest absolute Gasteiger partial charge is 0.419 e. The SMILES string of the molecule is O=C(NCc1cccnc1-n1cccn1)[C@H]1CCCN(c2ncccc2C(F)(F)F)C1. The summed E-state index contributed by atoms with van der Waals surface area (Å²) in [5.74, 6) is -0.145. The molecule has 31 heavy (non-hydrogen) atoms. The molecule has 0 aliphatic carbocycles. The molecular weight excluding hydrogens is 409 g/mol. The Hall–Kier alpha value is -3.43. The Kier molecular flexibility index (Phi) is 5.88. The number of nitrogens with one attached hydrogen (secondary N) is 1. The highest BCUT2D eigenvalue weighted by Crippen LogP contribution is 2.36. The zero-order valence-electron chi connectivity index (χ0n) is 16.6. The van der Waals surface area contributed by atoms with Crippen molar-refractivity contribution in [1.29, 1.82) is 0 Å². The van der Waals surface area contributed by atoms with Crippen LogP contribution in [0.15, 0.2) is 55.1 Å². The zero-order chi connectivity index (χ0) is 21.8. The summed E-state index contributed by atoms with van der Waals surface area (Å²) in [6, 6.07) is 7.69. The van der Waals surface area contributed by atoms with E-state index in [0.717, 1.165) is 11.6 Å². The highest BCUT2D eigenvalue weighted by atomic mass is 19.4. The lowest BCUT2D eigenvalue weighted by atomic mass is 9.96. The Bertz CT molecular complexity index is 1040. The smallest absolute Gasteiger partial charge is 0.355 e. The van der Waals surface area contributed by atoms with Gasteiger partial charge in [0.1, 0.15) is 5.82 Å². The van der Waals surface area contributed by atoms with Crippen LogP contribution in [0.25, 0.3) is 5.82 Å². The van der Waals surface area contributed by atoms with Gasteiger partial charge < -0.3 is 10.2 Å². The van der Waals surface area contributed by atoms with Crippen LogP contribution >= 0.6 is 0 Å². The summed E-state index contributed by atoms with van der Waals surface area (Å²) in [5.41, 5.74) is 0.00609. The first-order valence-electron chi connectivity index (χ1n) is 9.92. The first kappa shape index (κ1) is 20.8. The Morgan fingerprint density at radius 1 is 1.10 bits per heavy atom. The van der Waals surface area contributed by atoms with E-state index in [4.69, 9.17) is 0 Å². The van der Waals surface area contributed by atoms with Gasteiger partial charge in [-0.05, 0) is 37.1 Å². The average Bonchev–Trinajstić information content (AvgIpc) is 3.32. The van der Waals surface area contributed by atoms with Crippen molar-refractivity contribution in [2.24, 2.45) is 5.92 Å². The molecule has 1 N–H and O–H groups in total. The van der Waals surface area contributed by atoms with Gasteiger partial charge in [0.25, 0.3) is 0 Å². The molecule has 0 spiro atoms. The van der Waals surface area contributed by atoms with Crippen molar-refractivity contribution in [2.75, 3.05) is 18.0 Å². The maximum atomic E-state index is 13.4. The average molecular weight is 430 g/mol. The van der Waals surface area contributed by atoms with Crippen LogP contribution in [0.1, 0.15) is 24.0 Å². The number of halogens is 3. The minimum absolute atomic E-state index is 0.124. The second kappa shape index (κ2) is 8.75. The summed E-state index contributed by atoms with van der Waals surface area (Å²) in [6.07, 6.45) is 3.10. The number of piperidine rings is 1. The highest BCUT2D eigenvalue weighted by Gasteiger charge is 2.37. The number of nitrogens with zero attached hydrogens (tertiary/aromatic N) is 5. The molecule has 10 heteroatoms. The van der Waals surface area contributed by atoms with Gasteiger partial charge >= 0.3 is 6.18 Å². The number of amides is 1. The van der Waals surface area contributed by atoms with Gasteiger partial charge in [-0.2, -0.15) is 18.3 Å². The fourth-order valence-electron chi connectivity index (χ4n) is 3.75. The quantitative estimate of drug-likeness (QED) is 0.673. The lowest BCUT2D eigenvalue weighted by Gasteiger charge is -2.34. The van der Waals surface area contributed by atoms with Crippen molar-refractivity contribution in [3.05, 3.63) is 66.2 Å². The molecule has 162 valence electrons. The summed E-state index contributed by atoms with van der Waals surface area (Å²) in [7, 11) is 0. The fraction of sp³-hybridized carbons (Fsp3) is 0.333. The van der Waals surface area contributed by atoms with E-state index in [9.17, 15) is 18.0 Å². The maximum Gasteiger partial charge on any atom is 0.419 e. The van der Waals surface area contributed by atoms with Crippen molar-refractivity contribution >= 4 is 11.7 Å². The van der Waals surface area contributed by atoms with Crippen molar-refractivity contribution in [2.45, 2.75) is 25.6 Å². The second-order valence-corrected chi connectivity index (χ2v) is 7.31. The third-order valence-electron chi connectivity index (χ3n) is 5.23. The number of alkyl halides is 3. The molecule has 7 nitrogen and oxygen atoms in total. The van der Waals surface area contributed by atoms with E-state index in [0.29, 0.717) is 25.2 Å². The van der Waals surface area contributed by atoms with Crippen LogP contribution in [0.2, 0.25) is 0 Å². The number of carbonyl (C=O) groups excluding carboxylic acids is 1. The molecular formula is C21H21F3N6O. The molecule has 0 radical (unpaired) electrons. The molecule has 1 saturated heterocycles. The van der Waals surface area contributed by atoms with Gasteiger partial charge in [0.05, 0.1) is 11.5 Å². The number of carbonyl (C=O) groups is 1. The molecule has 0 unspecified atom stereocenters. The number of hydrogen-bond acceptors (Lipinski definition) is 5. The predicted molar refractivity (Wildman–Crippen MR) is 107 cm³/mol. The van der Waals surface area contributed by atoms with Gasteiger partial charge in [-0.1, -0.05) is 6.07 Å². The lowest BCUT2D eigenvalue weighted by Crippen LogP contribution is -2.43. The highest BCUT2D eigenvalue weighted by molar-refractivity contribution is 5.79. The van der Waals surface area contributed by atoms with E-state index in [-0.39, 0.29) is 24.8 Å². The van der Waals surface area contributed by atoms with Gasteiger partial charge in [-0.3, -0.25) is 4.79 Å². The predicted octanol–water partition coefficient (Wildman–Crippen LogP) is 3.21. The van der Waals surface area contributed by atoms with E-state index >= 15 is 0 Å². The van der Waals surface area contributed by atoms with Crippen LogP contribution in [-0.4, -0.2) is 38.7 Å². The van der Waals surface area contributed by atoms with Crippen LogP contribution in [0.5, 0.6) is 0 Å². The van der Waals surface area contributed by atoms with Gasteiger partial charge in [0.15, 0.2) is 5.82 Å². The van der Waals surface area contributed by atoms with E-state index in [1.807, 2.05) is 6.07 Å². The van der Waals surface area contributed by atoms with Gasteiger partial charge in [0.2, 0.25) is 5.91 Å². The minimum Gasteiger partial charge on any atom is -0.355 e. The molecule has 3 aromatic heterocycles. The normalized spacial score (nSPS) is 16.9. The van der Waals surface area contributed by atoms with Crippen LogP contribution < -0.4 is 10.2 Å². The van der Waals surface area contributed by atoms with Crippen molar-refractivity contribution in [3.8, 4) is 5.82 Å². The van der Waals surface area contributed by atoms with Crippen molar-refractivity contribution < 1.29 is 18.0 Å². The lowest BCUT2D eigenvalue weighted by molar-refractivity contribution is -0.137. The van der Waals surface area contributed by atoms with Crippen LogP contribution in [0, 0.1) is 5.92 Å². The minimum atomic E-state index is -4.50. The molecule has 1 aliphatic rings. The molecule has 1 aliphatic heterocycles. The number of rotatable bonds is 5. The summed E-state index contributed by atoms with van der Waals surface area (Å²) in [5, 5.41) is 7.07. The molecule has 0 bridgehead atoms. The Morgan fingerprint density at radius 2 is 1.87 bits per heavy atom. The van der Waals surface area contributed by atoms with E-state index in [1.165, 1.54) is 12.3 Å². The van der Waals surface area contributed by atoms with Gasteiger partial charge in [-0.25, -0.2) is 14.6 Å². The van der Waals surface area contributed by atoms with Crippen molar-refractivity contribution in [3.63, 3.8) is 0 Å². The first-order valence-corrected chi connectivity index (χ1v) is 9.92. The molecule has 3 aromatic rings. The monoisotopic (exact) mass is 430 g/mol. The van der Waals surface area contributed by atoms with Gasteiger partial charge in [-0.15, -0.1) is 0 Å². The summed E-state index contributed by atoms with van der Waals surface area (Å²) in [6.45, 7) is 0.858. The third kappa shape index (κ3) is 4.68. The van der Waals surface area contributed by atoms with Crippen LogP contribution in [0.3, 0.4) is 0 Å². The summed E-state index contributed by atoms with van der Waals surface area (Å²) < 4.78 is 41.7. The molecule has 4 rings (SSSR count). The number of hydrogen-bond donors (Lipinski definition) is 1. The number of pyridine rings is 2. The fourth-order valence-corrected chi connectivity index (χ4v) is 3.75. The number of aromatic nitrogens is 4. The molecule has 4 heterocycles. The standard InChI is InChI=1S/C21H21F3N6O/c22-21(23,24)17-7-2-9-26-19(17)29-11-3-6-16(14-29)20(31)27-13-15-5-1-8-25-18(15)30-12-4-10-28-30/h1-2,4-5,7-10,12,16H,3,6,11,13-14H2,(H,27,31)/t16-/m0/s1. The first-order chi connectivity index (χ1) is 14.9. The van der Waals surface area contributed by atoms with Crippen LogP contribution in [0.4, 0.5) is 19.0 Å². The maximum absolute atomic E-state index is 13.4. The van der Waals surface area contributed by atoms with Crippen molar-refractivity contribution in [1.82, 2.24) is 25.1 Å². The molecule has 1 amide bonds. The van der Waals surface area contributed by atoms with Crippen LogP contribution in [-0.2, 0) is 17.5 Å². The zero-order valence-corrected chi connectivity index (χ0v) is 16.6. The van der Waals surface area contributed by atoms with E-state index in [1.54, 1.807) is 40.3 Å². The molecule has 1 atom stereocenters.